The van der Waals surface area contributed by atoms with Gasteiger partial charge in [-0.15, -0.1) is 0 Å². The number of aromatic nitrogens is 3. The normalized spacial score (nSPS) is 10.4. The minimum atomic E-state index is -0.952. The molecule has 2 rings (SSSR count). The average molecular weight is 233 g/mol. The Labute approximate surface area is 96.5 Å². The van der Waals surface area contributed by atoms with Crippen LogP contribution in [0.25, 0.3) is 0 Å². The molecule has 0 saturated carbocycles. The van der Waals surface area contributed by atoms with E-state index in [9.17, 15) is 9.59 Å². The Morgan fingerprint density at radius 3 is 2.94 bits per heavy atom. The molecule has 0 fully saturated rings. The second-order valence-corrected chi connectivity index (χ2v) is 3.61. The van der Waals surface area contributed by atoms with Crippen molar-refractivity contribution in [2.75, 3.05) is 0 Å². The van der Waals surface area contributed by atoms with Gasteiger partial charge in [0.05, 0.1) is 5.56 Å². The lowest BCUT2D eigenvalue weighted by Gasteiger charge is -2.02. The summed E-state index contributed by atoms with van der Waals surface area (Å²) < 4.78 is 1.44. The van der Waals surface area contributed by atoms with Crippen LogP contribution in [0.15, 0.2) is 35.4 Å². The van der Waals surface area contributed by atoms with Crippen molar-refractivity contribution in [2.45, 2.75) is 13.0 Å². The van der Waals surface area contributed by atoms with E-state index in [1.165, 1.54) is 17.0 Å². The van der Waals surface area contributed by atoms with Crippen molar-refractivity contribution < 1.29 is 9.90 Å². The number of carboxylic acids is 1. The van der Waals surface area contributed by atoms with Gasteiger partial charge in [-0.25, -0.2) is 14.7 Å². The number of H-pyrrole nitrogens is 1. The SMILES string of the molecule is O=C(O)c1cccc(CCn2cn[nH]c2=O)c1. The molecule has 88 valence electrons. The maximum Gasteiger partial charge on any atom is 0.343 e. The van der Waals surface area contributed by atoms with Crippen LogP contribution in [0.3, 0.4) is 0 Å². The number of nitrogens with zero attached hydrogens (tertiary/aromatic N) is 2. The molecule has 0 saturated heterocycles. The zero-order chi connectivity index (χ0) is 12.3. The fourth-order valence-corrected chi connectivity index (χ4v) is 1.54. The van der Waals surface area contributed by atoms with Crippen molar-refractivity contribution in [2.24, 2.45) is 0 Å². The van der Waals surface area contributed by atoms with E-state index in [-0.39, 0.29) is 11.3 Å². The summed E-state index contributed by atoms with van der Waals surface area (Å²) >= 11 is 0. The van der Waals surface area contributed by atoms with Gasteiger partial charge in [-0.05, 0) is 24.1 Å². The van der Waals surface area contributed by atoms with Gasteiger partial charge in [-0.2, -0.15) is 5.10 Å². The van der Waals surface area contributed by atoms with Crippen molar-refractivity contribution in [3.63, 3.8) is 0 Å². The van der Waals surface area contributed by atoms with E-state index in [0.29, 0.717) is 13.0 Å². The number of carboxylic acid groups (broad SMARTS) is 1. The van der Waals surface area contributed by atoms with Crippen molar-refractivity contribution in [3.05, 3.63) is 52.2 Å². The van der Waals surface area contributed by atoms with Crippen LogP contribution in [0.2, 0.25) is 0 Å². The zero-order valence-electron chi connectivity index (χ0n) is 8.96. The van der Waals surface area contributed by atoms with Crippen LogP contribution in [0.1, 0.15) is 15.9 Å². The standard InChI is InChI=1S/C11H11N3O3/c15-10(16)9-3-1-2-8(6-9)4-5-14-7-12-13-11(14)17/h1-3,6-7H,4-5H2,(H,13,17)(H,15,16). The third kappa shape index (κ3) is 2.60. The van der Waals surface area contributed by atoms with Crippen molar-refractivity contribution in [1.29, 1.82) is 0 Å². The number of hydrogen-bond donors (Lipinski definition) is 2. The fraction of sp³-hybridized carbons (Fsp3) is 0.182. The van der Waals surface area contributed by atoms with Crippen LogP contribution < -0.4 is 5.69 Å². The van der Waals surface area contributed by atoms with Gasteiger partial charge in [0.15, 0.2) is 0 Å². The largest absolute Gasteiger partial charge is 0.478 e. The van der Waals surface area contributed by atoms with E-state index in [0.717, 1.165) is 5.56 Å². The number of hydrogen-bond acceptors (Lipinski definition) is 3. The van der Waals surface area contributed by atoms with Crippen molar-refractivity contribution >= 4 is 5.97 Å². The summed E-state index contributed by atoms with van der Waals surface area (Å²) in [5, 5.41) is 14.7. The molecule has 1 heterocycles. The van der Waals surface area contributed by atoms with Gasteiger partial charge in [0, 0.05) is 6.54 Å². The molecular weight excluding hydrogens is 222 g/mol. The highest BCUT2D eigenvalue weighted by molar-refractivity contribution is 5.87. The molecule has 6 nitrogen and oxygen atoms in total. The smallest absolute Gasteiger partial charge is 0.343 e. The van der Waals surface area contributed by atoms with Crippen LogP contribution in [0.4, 0.5) is 0 Å². The van der Waals surface area contributed by atoms with E-state index in [1.807, 2.05) is 6.07 Å². The second kappa shape index (κ2) is 4.65. The number of nitrogens with one attached hydrogen (secondary N) is 1. The topological polar surface area (TPSA) is 88.0 Å². The number of aromatic carboxylic acids is 1. The molecule has 0 aliphatic heterocycles. The zero-order valence-corrected chi connectivity index (χ0v) is 8.96. The van der Waals surface area contributed by atoms with Crippen molar-refractivity contribution in [1.82, 2.24) is 14.8 Å². The Hall–Kier alpha value is -2.37. The lowest BCUT2D eigenvalue weighted by molar-refractivity contribution is 0.0697. The molecule has 2 N–H and O–H groups in total. The summed E-state index contributed by atoms with van der Waals surface area (Å²) in [6.07, 6.45) is 2.00. The molecule has 0 radical (unpaired) electrons. The number of carbonyl (C=O) groups is 1. The number of aryl methyl sites for hydroxylation is 2. The van der Waals surface area contributed by atoms with E-state index in [2.05, 4.69) is 10.2 Å². The summed E-state index contributed by atoms with van der Waals surface area (Å²) in [7, 11) is 0. The molecule has 0 bridgehead atoms. The van der Waals surface area contributed by atoms with Gasteiger partial charge >= 0.3 is 11.7 Å². The Bertz CT molecular complexity index is 585. The minimum Gasteiger partial charge on any atom is -0.478 e. The summed E-state index contributed by atoms with van der Waals surface area (Å²) in [6, 6.07) is 6.66. The summed E-state index contributed by atoms with van der Waals surface area (Å²) in [4.78, 5) is 21.9. The van der Waals surface area contributed by atoms with Gasteiger partial charge < -0.3 is 5.11 Å². The van der Waals surface area contributed by atoms with Gasteiger partial charge in [-0.3, -0.25) is 4.57 Å². The first-order valence-electron chi connectivity index (χ1n) is 5.09. The molecule has 1 aromatic carbocycles. The highest BCUT2D eigenvalue weighted by Crippen LogP contribution is 2.06. The maximum atomic E-state index is 11.2. The first-order chi connectivity index (χ1) is 8.16. The quantitative estimate of drug-likeness (QED) is 0.805. The summed E-state index contributed by atoms with van der Waals surface area (Å²) in [5.41, 5.74) is 0.861. The number of aromatic amines is 1. The van der Waals surface area contributed by atoms with E-state index in [1.54, 1.807) is 12.1 Å². The summed E-state index contributed by atoms with van der Waals surface area (Å²) in [5.74, 6) is -0.952. The first-order valence-corrected chi connectivity index (χ1v) is 5.09. The molecular formula is C11H11N3O3. The lowest BCUT2D eigenvalue weighted by Crippen LogP contribution is -2.17. The van der Waals surface area contributed by atoms with Gasteiger partial charge in [0.2, 0.25) is 0 Å². The molecule has 0 aliphatic rings. The Kier molecular flexibility index (Phi) is 3.04. The van der Waals surface area contributed by atoms with Gasteiger partial charge in [0.25, 0.3) is 0 Å². The monoisotopic (exact) mass is 233 g/mol. The van der Waals surface area contributed by atoms with Crippen LogP contribution in [0.5, 0.6) is 0 Å². The molecule has 0 unspecified atom stereocenters. The molecule has 1 aromatic heterocycles. The fourth-order valence-electron chi connectivity index (χ4n) is 1.54. The third-order valence-electron chi connectivity index (χ3n) is 2.43. The van der Waals surface area contributed by atoms with Gasteiger partial charge in [0.1, 0.15) is 6.33 Å². The van der Waals surface area contributed by atoms with Crippen LogP contribution in [0, 0.1) is 0 Å². The molecule has 0 spiro atoms. The van der Waals surface area contributed by atoms with Gasteiger partial charge in [-0.1, -0.05) is 12.1 Å². The Morgan fingerprint density at radius 1 is 1.47 bits per heavy atom. The molecule has 6 heteroatoms. The van der Waals surface area contributed by atoms with E-state index >= 15 is 0 Å². The number of rotatable bonds is 4. The second-order valence-electron chi connectivity index (χ2n) is 3.61. The van der Waals surface area contributed by atoms with Crippen LogP contribution in [-0.4, -0.2) is 25.8 Å². The predicted octanol–water partition coefficient (Wildman–Crippen LogP) is 0.512. The van der Waals surface area contributed by atoms with E-state index in [4.69, 9.17) is 5.11 Å². The first kappa shape index (κ1) is 11.1. The molecule has 0 aliphatic carbocycles. The Balaban J connectivity index is 2.09. The number of benzene rings is 1. The van der Waals surface area contributed by atoms with Crippen LogP contribution >= 0.6 is 0 Å². The molecule has 0 atom stereocenters. The third-order valence-corrected chi connectivity index (χ3v) is 2.43. The minimum absolute atomic E-state index is 0.252. The van der Waals surface area contributed by atoms with Crippen LogP contribution in [-0.2, 0) is 13.0 Å². The molecule has 2 aromatic rings. The van der Waals surface area contributed by atoms with E-state index < -0.39 is 5.97 Å². The highest BCUT2D eigenvalue weighted by atomic mass is 16.4. The molecule has 17 heavy (non-hydrogen) atoms. The summed E-state index contributed by atoms with van der Waals surface area (Å²) in [6.45, 7) is 0.471. The Morgan fingerprint density at radius 2 is 2.29 bits per heavy atom. The predicted molar refractivity (Wildman–Crippen MR) is 60.0 cm³/mol. The lowest BCUT2D eigenvalue weighted by atomic mass is 10.1. The maximum absolute atomic E-state index is 11.2. The average Bonchev–Trinajstić information content (AvgIpc) is 2.72. The van der Waals surface area contributed by atoms with Crippen molar-refractivity contribution in [3.8, 4) is 0 Å². The highest BCUT2D eigenvalue weighted by Gasteiger charge is 2.04. The molecule has 0 amide bonds.